The third-order valence-corrected chi connectivity index (χ3v) is 5.37. The third kappa shape index (κ3) is 3.66. The van der Waals surface area contributed by atoms with Crippen molar-refractivity contribution in [1.29, 1.82) is 0 Å². The molecule has 7 nitrogen and oxygen atoms in total. The maximum atomic E-state index is 13.5. The summed E-state index contributed by atoms with van der Waals surface area (Å²) in [5.74, 6) is -0.384. The van der Waals surface area contributed by atoms with Crippen LogP contribution in [0.3, 0.4) is 0 Å². The molecule has 3 aromatic rings. The standard InChI is InChI=1S/C21H17ClFN5O2/c22-16-6-11(1-4-17(16)23)5-15-9-18(25-14-2-3-14)28-20(26-15)13(10-24-28)7-12-8-19(29)27-21(12)30/h1,4,6-7,9-10,14,25H,2-3,5,8H2,(H,27,29,30)/b12-7+. The van der Waals surface area contributed by atoms with Gasteiger partial charge in [0.25, 0.3) is 5.91 Å². The van der Waals surface area contributed by atoms with Crippen molar-refractivity contribution in [2.45, 2.75) is 31.7 Å². The lowest BCUT2D eigenvalue weighted by atomic mass is 10.1. The number of hydrogen-bond acceptors (Lipinski definition) is 5. The van der Waals surface area contributed by atoms with E-state index in [0.717, 1.165) is 29.9 Å². The van der Waals surface area contributed by atoms with Crippen LogP contribution in [0.25, 0.3) is 11.7 Å². The Morgan fingerprint density at radius 2 is 2.13 bits per heavy atom. The van der Waals surface area contributed by atoms with E-state index in [0.29, 0.717) is 29.2 Å². The maximum Gasteiger partial charge on any atom is 0.254 e. The summed E-state index contributed by atoms with van der Waals surface area (Å²) in [6.45, 7) is 0. The lowest BCUT2D eigenvalue weighted by Gasteiger charge is -2.10. The van der Waals surface area contributed by atoms with E-state index in [2.05, 4.69) is 15.7 Å². The predicted octanol–water partition coefficient (Wildman–Crippen LogP) is 3.12. The first kappa shape index (κ1) is 18.7. The molecule has 0 unspecified atom stereocenters. The molecule has 2 aliphatic rings. The molecule has 1 aliphatic carbocycles. The number of carbonyl (C=O) groups excluding carboxylic acids is 2. The van der Waals surface area contributed by atoms with Crippen molar-refractivity contribution in [3.63, 3.8) is 0 Å². The van der Waals surface area contributed by atoms with Crippen LogP contribution in [0.4, 0.5) is 10.2 Å². The second kappa shape index (κ2) is 7.21. The van der Waals surface area contributed by atoms with E-state index >= 15 is 0 Å². The van der Waals surface area contributed by atoms with Gasteiger partial charge < -0.3 is 5.32 Å². The van der Waals surface area contributed by atoms with E-state index in [1.54, 1.807) is 28.9 Å². The molecule has 5 rings (SSSR count). The zero-order chi connectivity index (χ0) is 20.8. The second-order valence-corrected chi connectivity index (χ2v) is 7.94. The number of benzene rings is 1. The zero-order valence-corrected chi connectivity index (χ0v) is 16.5. The van der Waals surface area contributed by atoms with E-state index in [-0.39, 0.29) is 17.4 Å². The highest BCUT2D eigenvalue weighted by Gasteiger charge is 2.25. The molecule has 9 heteroatoms. The highest BCUT2D eigenvalue weighted by Crippen LogP contribution is 2.28. The second-order valence-electron chi connectivity index (χ2n) is 7.54. The Balaban J connectivity index is 1.57. The number of nitrogens with one attached hydrogen (secondary N) is 2. The van der Waals surface area contributed by atoms with Gasteiger partial charge in [-0.05, 0) is 36.6 Å². The largest absolute Gasteiger partial charge is 0.367 e. The van der Waals surface area contributed by atoms with E-state index in [9.17, 15) is 14.0 Å². The van der Waals surface area contributed by atoms with E-state index in [4.69, 9.17) is 16.6 Å². The van der Waals surface area contributed by atoms with Gasteiger partial charge in [0.2, 0.25) is 5.91 Å². The van der Waals surface area contributed by atoms with Gasteiger partial charge in [0.1, 0.15) is 11.6 Å². The predicted molar refractivity (Wildman–Crippen MR) is 110 cm³/mol. The first-order valence-corrected chi connectivity index (χ1v) is 9.97. The first-order chi connectivity index (χ1) is 14.5. The minimum Gasteiger partial charge on any atom is -0.367 e. The highest BCUT2D eigenvalue weighted by molar-refractivity contribution is 6.30. The number of rotatable bonds is 5. The topological polar surface area (TPSA) is 88.4 Å². The summed E-state index contributed by atoms with van der Waals surface area (Å²) in [7, 11) is 0. The van der Waals surface area contributed by atoms with Crippen LogP contribution in [0.15, 0.2) is 36.0 Å². The van der Waals surface area contributed by atoms with Crippen molar-refractivity contribution < 1.29 is 14.0 Å². The van der Waals surface area contributed by atoms with Crippen LogP contribution >= 0.6 is 11.6 Å². The first-order valence-electron chi connectivity index (χ1n) is 9.59. The number of nitrogens with zero attached hydrogens (tertiary/aromatic N) is 3. The number of carbonyl (C=O) groups is 2. The molecule has 3 heterocycles. The molecule has 1 saturated carbocycles. The number of aromatic nitrogens is 3. The van der Waals surface area contributed by atoms with Crippen LogP contribution in [0.2, 0.25) is 5.02 Å². The molecule has 1 aliphatic heterocycles. The number of amides is 2. The molecule has 2 fully saturated rings. The van der Waals surface area contributed by atoms with E-state index in [1.807, 2.05) is 6.07 Å². The Labute approximate surface area is 175 Å². The fourth-order valence-electron chi connectivity index (χ4n) is 3.43. The van der Waals surface area contributed by atoms with Crippen LogP contribution in [0.1, 0.15) is 36.1 Å². The molecule has 1 aromatic carbocycles. The normalized spacial score (nSPS) is 17.7. The lowest BCUT2D eigenvalue weighted by Crippen LogP contribution is -2.19. The molecular weight excluding hydrogens is 409 g/mol. The fourth-order valence-corrected chi connectivity index (χ4v) is 3.63. The molecule has 0 radical (unpaired) electrons. The summed E-state index contributed by atoms with van der Waals surface area (Å²) in [5, 5.41) is 10.2. The Morgan fingerprint density at radius 3 is 2.83 bits per heavy atom. The smallest absolute Gasteiger partial charge is 0.254 e. The van der Waals surface area contributed by atoms with Crippen molar-refractivity contribution in [2.24, 2.45) is 0 Å². The number of imide groups is 1. The van der Waals surface area contributed by atoms with Gasteiger partial charge in [0.15, 0.2) is 5.65 Å². The molecule has 1 saturated heterocycles. The molecule has 0 atom stereocenters. The summed E-state index contributed by atoms with van der Waals surface area (Å²) in [6, 6.07) is 6.91. The summed E-state index contributed by atoms with van der Waals surface area (Å²) < 4.78 is 15.2. The molecule has 2 N–H and O–H groups in total. The van der Waals surface area contributed by atoms with Gasteiger partial charge in [-0.15, -0.1) is 0 Å². The van der Waals surface area contributed by atoms with Crippen molar-refractivity contribution in [3.8, 4) is 0 Å². The van der Waals surface area contributed by atoms with Gasteiger partial charge in [-0.25, -0.2) is 9.37 Å². The third-order valence-electron chi connectivity index (χ3n) is 5.08. The maximum absolute atomic E-state index is 13.5. The van der Waals surface area contributed by atoms with Crippen molar-refractivity contribution in [2.75, 3.05) is 5.32 Å². The van der Waals surface area contributed by atoms with Crippen LogP contribution < -0.4 is 10.6 Å². The summed E-state index contributed by atoms with van der Waals surface area (Å²) in [5.41, 5.74) is 3.18. The molecule has 2 aromatic heterocycles. The molecule has 2 amide bonds. The number of fused-ring (bicyclic) bond motifs is 1. The number of halogens is 2. The van der Waals surface area contributed by atoms with Gasteiger partial charge >= 0.3 is 0 Å². The summed E-state index contributed by atoms with van der Waals surface area (Å²) >= 11 is 5.92. The van der Waals surface area contributed by atoms with Crippen LogP contribution in [0.5, 0.6) is 0 Å². The Bertz CT molecular complexity index is 1230. The van der Waals surface area contributed by atoms with Crippen molar-refractivity contribution >= 4 is 41.0 Å². The van der Waals surface area contributed by atoms with Crippen LogP contribution in [0, 0.1) is 5.82 Å². The van der Waals surface area contributed by atoms with Gasteiger partial charge in [-0.2, -0.15) is 9.61 Å². The number of anilines is 1. The summed E-state index contributed by atoms with van der Waals surface area (Å²) in [6.07, 6.45) is 5.95. The van der Waals surface area contributed by atoms with Gasteiger partial charge in [-0.1, -0.05) is 17.7 Å². The minimum absolute atomic E-state index is 0.0388. The average Bonchev–Trinajstić information content (AvgIpc) is 3.34. The quantitative estimate of drug-likeness (QED) is 0.484. The summed E-state index contributed by atoms with van der Waals surface area (Å²) in [4.78, 5) is 28.1. The van der Waals surface area contributed by atoms with Crippen molar-refractivity contribution in [3.05, 3.63) is 63.7 Å². The zero-order valence-electron chi connectivity index (χ0n) is 15.8. The lowest BCUT2D eigenvalue weighted by molar-refractivity contribution is -0.124. The van der Waals surface area contributed by atoms with Gasteiger partial charge in [0, 0.05) is 29.7 Å². The molecule has 0 spiro atoms. The van der Waals surface area contributed by atoms with E-state index in [1.165, 1.54) is 6.07 Å². The fraction of sp³-hybridized carbons (Fsp3) is 0.238. The van der Waals surface area contributed by atoms with Gasteiger partial charge in [0.05, 0.1) is 23.3 Å². The van der Waals surface area contributed by atoms with Gasteiger partial charge in [-0.3, -0.25) is 14.9 Å². The number of hydrogen-bond donors (Lipinski definition) is 2. The van der Waals surface area contributed by atoms with Crippen molar-refractivity contribution in [1.82, 2.24) is 19.9 Å². The molecule has 152 valence electrons. The molecule has 0 bridgehead atoms. The van der Waals surface area contributed by atoms with Crippen LogP contribution in [-0.4, -0.2) is 32.5 Å². The monoisotopic (exact) mass is 425 g/mol. The average molecular weight is 426 g/mol. The van der Waals surface area contributed by atoms with Crippen LogP contribution in [-0.2, 0) is 16.0 Å². The minimum atomic E-state index is -0.464. The SMILES string of the molecule is O=C1C/C(=C\c2cnn3c(NC4CC4)cc(Cc4ccc(F)c(Cl)c4)nc23)C(=O)N1. The Hall–Kier alpha value is -3.26. The Morgan fingerprint density at radius 1 is 1.30 bits per heavy atom. The Kier molecular flexibility index (Phi) is 4.51. The molecular formula is C21H17ClFN5O2. The van der Waals surface area contributed by atoms with E-state index < -0.39 is 11.7 Å². The highest BCUT2D eigenvalue weighted by atomic mass is 35.5. The molecule has 30 heavy (non-hydrogen) atoms.